The lowest BCUT2D eigenvalue weighted by Gasteiger charge is -2.23. The fourth-order valence-electron chi connectivity index (χ4n) is 2.46. The summed E-state index contributed by atoms with van der Waals surface area (Å²) in [5, 5.41) is 11.9. The van der Waals surface area contributed by atoms with Crippen LogP contribution in [0.5, 0.6) is 0 Å². The number of hydrogen-bond acceptors (Lipinski definition) is 4. The first-order valence-corrected chi connectivity index (χ1v) is 10.4. The highest BCUT2D eigenvalue weighted by molar-refractivity contribution is 7.92. The fraction of sp³-hybridized carbons (Fsp3) is 0.350. The molecule has 0 aromatic heterocycles. The second-order valence-corrected chi connectivity index (χ2v) is 8.96. The Morgan fingerprint density at radius 1 is 1.00 bits per heavy atom. The van der Waals surface area contributed by atoms with Crippen LogP contribution in [0.15, 0.2) is 54.6 Å². The van der Waals surface area contributed by atoms with E-state index in [4.69, 9.17) is 0 Å². The van der Waals surface area contributed by atoms with Crippen molar-refractivity contribution in [3.8, 4) is 0 Å². The van der Waals surface area contributed by atoms with Gasteiger partial charge < -0.3 is 10.4 Å². The molecule has 0 unspecified atom stereocenters. The Morgan fingerprint density at radius 2 is 1.63 bits per heavy atom. The average Bonchev–Trinajstić information content (AvgIpc) is 2.62. The fourth-order valence-corrected chi connectivity index (χ4v) is 3.57. The number of sulfonamides is 1. The molecule has 0 saturated heterocycles. The minimum absolute atomic E-state index is 0.00257. The normalized spacial score (nSPS) is 11.8. The summed E-state index contributed by atoms with van der Waals surface area (Å²) in [7, 11) is -3.45. The van der Waals surface area contributed by atoms with Crippen LogP contribution in [0.2, 0.25) is 0 Å². The predicted octanol–water partition coefficient (Wildman–Crippen LogP) is 2.10. The Bertz CT molecular complexity index is 847. The van der Waals surface area contributed by atoms with Gasteiger partial charge in [0, 0.05) is 5.69 Å². The van der Waals surface area contributed by atoms with Crippen molar-refractivity contribution in [1.82, 2.24) is 5.32 Å². The maximum absolute atomic E-state index is 12.2. The Hall–Kier alpha value is -2.38. The lowest BCUT2D eigenvalue weighted by Crippen LogP contribution is -2.46. The summed E-state index contributed by atoms with van der Waals surface area (Å²) in [4.78, 5) is 12.0. The molecule has 0 atom stereocenters. The van der Waals surface area contributed by atoms with Crippen LogP contribution >= 0.6 is 0 Å². The van der Waals surface area contributed by atoms with E-state index in [1.165, 1.54) is 0 Å². The molecule has 7 heteroatoms. The molecule has 0 radical (unpaired) electrons. The van der Waals surface area contributed by atoms with E-state index >= 15 is 0 Å². The van der Waals surface area contributed by atoms with Gasteiger partial charge in [-0.25, -0.2) is 8.42 Å². The molecule has 1 amide bonds. The van der Waals surface area contributed by atoms with Gasteiger partial charge in [-0.15, -0.1) is 0 Å². The highest BCUT2D eigenvalue weighted by atomic mass is 32.2. The van der Waals surface area contributed by atoms with Crippen LogP contribution in [0.3, 0.4) is 0 Å². The van der Waals surface area contributed by atoms with Crippen LogP contribution in [0, 0.1) is 0 Å². The maximum atomic E-state index is 12.2. The van der Waals surface area contributed by atoms with Crippen LogP contribution < -0.4 is 10.0 Å². The number of carbonyl (C=O) groups excluding carboxylic acids is 1. The van der Waals surface area contributed by atoms with Crippen molar-refractivity contribution in [3.05, 3.63) is 65.7 Å². The summed E-state index contributed by atoms with van der Waals surface area (Å²) in [5.41, 5.74) is 1.51. The molecule has 0 heterocycles. The first-order valence-electron chi connectivity index (χ1n) is 8.74. The molecule has 0 bridgehead atoms. The lowest BCUT2D eigenvalue weighted by atomic mass is 10.1. The van der Waals surface area contributed by atoms with E-state index in [1.54, 1.807) is 38.1 Å². The molecule has 0 saturated carbocycles. The van der Waals surface area contributed by atoms with Crippen molar-refractivity contribution in [2.24, 2.45) is 0 Å². The quantitative estimate of drug-likeness (QED) is 0.611. The maximum Gasteiger partial charge on any atom is 0.233 e. The van der Waals surface area contributed by atoms with Crippen molar-refractivity contribution in [2.45, 2.75) is 32.2 Å². The van der Waals surface area contributed by atoms with Crippen molar-refractivity contribution in [3.63, 3.8) is 0 Å². The van der Waals surface area contributed by atoms with E-state index in [0.717, 1.165) is 11.1 Å². The number of aliphatic hydroxyl groups is 1. The van der Waals surface area contributed by atoms with Crippen molar-refractivity contribution in [1.29, 1.82) is 0 Å². The third-order valence-corrected chi connectivity index (χ3v) is 5.26. The number of benzene rings is 2. The van der Waals surface area contributed by atoms with Gasteiger partial charge in [0.05, 0.1) is 24.3 Å². The molecular formula is C20H26N2O4S. The highest BCUT2D eigenvalue weighted by Gasteiger charge is 2.19. The number of carbonyl (C=O) groups is 1. The third-order valence-electron chi connectivity index (χ3n) is 3.97. The van der Waals surface area contributed by atoms with E-state index < -0.39 is 15.6 Å². The second kappa shape index (κ2) is 9.01. The predicted molar refractivity (Wildman–Crippen MR) is 107 cm³/mol. The summed E-state index contributed by atoms with van der Waals surface area (Å²) < 4.78 is 27.0. The van der Waals surface area contributed by atoms with Gasteiger partial charge in [0.25, 0.3) is 0 Å². The first kappa shape index (κ1) is 20.9. The van der Waals surface area contributed by atoms with Crippen LogP contribution in [-0.4, -0.2) is 37.3 Å². The van der Waals surface area contributed by atoms with Gasteiger partial charge in [-0.05, 0) is 43.5 Å². The number of hydrogen-bond donors (Lipinski definition) is 3. The molecule has 6 nitrogen and oxygen atoms in total. The van der Waals surface area contributed by atoms with Crippen molar-refractivity contribution in [2.75, 3.05) is 17.1 Å². The molecule has 3 N–H and O–H groups in total. The van der Waals surface area contributed by atoms with Gasteiger partial charge in [0.2, 0.25) is 15.9 Å². The molecule has 0 aliphatic carbocycles. The molecule has 0 aliphatic rings. The number of rotatable bonds is 9. The SMILES string of the molecule is CC(C)(CO)NC(=O)Cc1ccc(NS(=O)(=O)CCc2ccccc2)cc1. The lowest BCUT2D eigenvalue weighted by molar-refractivity contribution is -0.122. The van der Waals surface area contributed by atoms with Crippen LogP contribution in [-0.2, 0) is 27.7 Å². The number of anilines is 1. The summed E-state index contributed by atoms with van der Waals surface area (Å²) in [6.07, 6.45) is 0.597. The molecule has 2 aromatic carbocycles. The third kappa shape index (κ3) is 7.40. The minimum Gasteiger partial charge on any atom is -0.394 e. The Balaban J connectivity index is 1.90. The van der Waals surface area contributed by atoms with Gasteiger partial charge in [-0.2, -0.15) is 0 Å². The zero-order valence-electron chi connectivity index (χ0n) is 15.6. The van der Waals surface area contributed by atoms with Gasteiger partial charge in [0.15, 0.2) is 0 Å². The monoisotopic (exact) mass is 390 g/mol. The van der Waals surface area contributed by atoms with E-state index in [0.29, 0.717) is 12.1 Å². The zero-order chi connectivity index (χ0) is 19.9. The average molecular weight is 391 g/mol. The topological polar surface area (TPSA) is 95.5 Å². The molecule has 27 heavy (non-hydrogen) atoms. The summed E-state index contributed by atoms with van der Waals surface area (Å²) in [6, 6.07) is 16.1. The Labute approximate surface area is 160 Å². The molecular weight excluding hydrogens is 364 g/mol. The number of nitrogens with one attached hydrogen (secondary N) is 2. The van der Waals surface area contributed by atoms with Crippen molar-refractivity contribution < 1.29 is 18.3 Å². The van der Waals surface area contributed by atoms with Crippen LogP contribution in [0.1, 0.15) is 25.0 Å². The van der Waals surface area contributed by atoms with Crippen molar-refractivity contribution >= 4 is 21.6 Å². The number of amides is 1. The van der Waals surface area contributed by atoms with Crippen LogP contribution in [0.4, 0.5) is 5.69 Å². The molecule has 2 aromatic rings. The molecule has 0 aliphatic heterocycles. The molecule has 146 valence electrons. The Kier molecular flexibility index (Phi) is 6.98. The van der Waals surface area contributed by atoms with E-state index in [2.05, 4.69) is 10.0 Å². The van der Waals surface area contributed by atoms with E-state index in [9.17, 15) is 18.3 Å². The van der Waals surface area contributed by atoms with Gasteiger partial charge >= 0.3 is 0 Å². The zero-order valence-corrected chi connectivity index (χ0v) is 16.4. The highest BCUT2D eigenvalue weighted by Crippen LogP contribution is 2.13. The number of aliphatic hydroxyl groups excluding tert-OH is 1. The van der Waals surface area contributed by atoms with Crippen LogP contribution in [0.25, 0.3) is 0 Å². The molecule has 0 fully saturated rings. The molecule has 0 spiro atoms. The summed E-state index contributed by atoms with van der Waals surface area (Å²) in [6.45, 7) is 3.32. The standard InChI is InChI=1S/C20H26N2O4S/c1-20(2,15-23)21-19(24)14-17-8-10-18(11-9-17)22-27(25,26)13-12-16-6-4-3-5-7-16/h3-11,22-23H,12-15H2,1-2H3,(H,21,24). The minimum atomic E-state index is -3.45. The van der Waals surface area contributed by atoms with Gasteiger partial charge in [-0.3, -0.25) is 9.52 Å². The number of aryl methyl sites for hydroxylation is 1. The second-order valence-electron chi connectivity index (χ2n) is 7.12. The summed E-state index contributed by atoms with van der Waals surface area (Å²) >= 11 is 0. The first-order chi connectivity index (χ1) is 12.7. The summed E-state index contributed by atoms with van der Waals surface area (Å²) in [5.74, 6) is -0.206. The van der Waals surface area contributed by atoms with Gasteiger partial charge in [-0.1, -0.05) is 42.5 Å². The van der Waals surface area contributed by atoms with Gasteiger partial charge in [0.1, 0.15) is 0 Å². The Morgan fingerprint density at radius 3 is 2.22 bits per heavy atom. The van der Waals surface area contributed by atoms with E-state index in [1.807, 2.05) is 30.3 Å². The smallest absolute Gasteiger partial charge is 0.233 e. The van der Waals surface area contributed by atoms with E-state index in [-0.39, 0.29) is 24.7 Å². The largest absolute Gasteiger partial charge is 0.394 e. The molecule has 2 rings (SSSR count).